The number of nitrogens with two attached hydrogens (primary N) is 1. The van der Waals surface area contributed by atoms with E-state index in [4.69, 9.17) is 27.2 Å². The number of rotatable bonds is 4. The lowest BCUT2D eigenvalue weighted by atomic mass is 10.3. The summed E-state index contributed by atoms with van der Waals surface area (Å²) < 4.78 is 6.16. The predicted octanol–water partition coefficient (Wildman–Crippen LogP) is 2.83. The lowest BCUT2D eigenvalue weighted by molar-refractivity contribution is 0.155. The Morgan fingerprint density at radius 2 is 2.27 bits per heavy atom. The van der Waals surface area contributed by atoms with Crippen molar-refractivity contribution in [1.82, 2.24) is 0 Å². The minimum absolute atomic E-state index is 0.377. The number of nitrogen functional groups attached to an aromatic ring is 1. The van der Waals surface area contributed by atoms with Crippen molar-refractivity contribution >= 4 is 33.2 Å². The van der Waals surface area contributed by atoms with E-state index in [1.807, 2.05) is 0 Å². The van der Waals surface area contributed by atoms with Gasteiger partial charge in [-0.15, -0.1) is 0 Å². The first-order chi connectivity index (χ1) is 7.00. The summed E-state index contributed by atoms with van der Waals surface area (Å²) in [5.74, 6) is 0.569. The summed E-state index contributed by atoms with van der Waals surface area (Å²) in [6.07, 6.45) is 0.186. The third-order valence-electron chi connectivity index (χ3n) is 1.82. The monoisotopic (exact) mass is 293 g/mol. The highest BCUT2D eigenvalue weighted by atomic mass is 79.9. The molecule has 5 heteroatoms. The topological polar surface area (TPSA) is 55.5 Å². The van der Waals surface area contributed by atoms with Gasteiger partial charge < -0.3 is 15.6 Å². The van der Waals surface area contributed by atoms with E-state index >= 15 is 0 Å². The molecule has 0 saturated heterocycles. The van der Waals surface area contributed by atoms with Gasteiger partial charge in [-0.2, -0.15) is 0 Å². The zero-order valence-electron chi connectivity index (χ0n) is 8.34. The van der Waals surface area contributed by atoms with Crippen molar-refractivity contribution in [1.29, 1.82) is 0 Å². The van der Waals surface area contributed by atoms with Crippen LogP contribution in [-0.4, -0.2) is 17.8 Å². The van der Waals surface area contributed by atoms with Gasteiger partial charge in [-0.1, -0.05) is 11.6 Å². The Morgan fingerprint density at radius 1 is 1.60 bits per heavy atom. The molecule has 0 bridgehead atoms. The van der Waals surface area contributed by atoms with Gasteiger partial charge in [0, 0.05) is 11.4 Å². The summed E-state index contributed by atoms with van der Waals surface area (Å²) in [5, 5.41) is 9.63. The van der Waals surface area contributed by atoms with Crippen molar-refractivity contribution in [2.24, 2.45) is 0 Å². The van der Waals surface area contributed by atoms with Crippen LogP contribution in [-0.2, 0) is 0 Å². The number of anilines is 1. The fraction of sp³-hybridized carbons (Fsp3) is 0.400. The highest BCUT2D eigenvalue weighted by molar-refractivity contribution is 9.10. The van der Waals surface area contributed by atoms with E-state index in [-0.39, 0.29) is 6.10 Å². The molecule has 1 rings (SSSR count). The summed E-state index contributed by atoms with van der Waals surface area (Å²) in [6.45, 7) is 2.13. The Bertz CT molecular complexity index is 321. The molecule has 0 aromatic heterocycles. The molecule has 3 N–H and O–H groups in total. The van der Waals surface area contributed by atoms with Crippen LogP contribution in [0, 0.1) is 0 Å². The second-order valence-electron chi connectivity index (χ2n) is 3.29. The molecule has 0 saturated carbocycles. The van der Waals surface area contributed by atoms with Crippen LogP contribution in [0.3, 0.4) is 0 Å². The molecule has 0 heterocycles. The van der Waals surface area contributed by atoms with Crippen LogP contribution in [0.1, 0.15) is 13.3 Å². The summed E-state index contributed by atoms with van der Waals surface area (Å²) in [5.41, 5.74) is 6.22. The molecule has 1 aromatic rings. The minimum atomic E-state index is -0.377. The van der Waals surface area contributed by atoms with Crippen LogP contribution in [0.5, 0.6) is 5.75 Å². The highest BCUT2D eigenvalue weighted by Crippen LogP contribution is 2.34. The fourth-order valence-electron chi connectivity index (χ4n) is 1.06. The number of benzene rings is 1. The summed E-state index contributed by atoms with van der Waals surface area (Å²) in [4.78, 5) is 0. The summed E-state index contributed by atoms with van der Waals surface area (Å²) in [6, 6.07) is 3.35. The van der Waals surface area contributed by atoms with Crippen molar-refractivity contribution in [2.45, 2.75) is 19.4 Å². The highest BCUT2D eigenvalue weighted by Gasteiger charge is 2.08. The Labute approximate surface area is 102 Å². The third kappa shape index (κ3) is 3.89. The van der Waals surface area contributed by atoms with Gasteiger partial charge in [0.1, 0.15) is 0 Å². The number of hydrogen-bond donors (Lipinski definition) is 2. The quantitative estimate of drug-likeness (QED) is 0.840. The maximum atomic E-state index is 9.07. The largest absolute Gasteiger partial charge is 0.490 e. The molecular weight excluding hydrogens is 281 g/mol. The normalized spacial score (nSPS) is 12.5. The zero-order valence-corrected chi connectivity index (χ0v) is 10.7. The Hall–Kier alpha value is -0.450. The Balaban J connectivity index is 2.68. The molecule has 0 amide bonds. The van der Waals surface area contributed by atoms with E-state index in [1.165, 1.54) is 0 Å². The number of halogens is 2. The molecule has 1 atom stereocenters. The van der Waals surface area contributed by atoms with E-state index in [1.54, 1.807) is 19.1 Å². The predicted molar refractivity (Wildman–Crippen MR) is 65.4 cm³/mol. The van der Waals surface area contributed by atoms with E-state index in [9.17, 15) is 0 Å². The van der Waals surface area contributed by atoms with Crippen LogP contribution in [0.4, 0.5) is 5.69 Å². The van der Waals surface area contributed by atoms with Crippen LogP contribution in [0.25, 0.3) is 0 Å². The van der Waals surface area contributed by atoms with E-state index in [0.29, 0.717) is 29.5 Å². The average molecular weight is 295 g/mol. The Morgan fingerprint density at radius 3 is 2.80 bits per heavy atom. The van der Waals surface area contributed by atoms with Gasteiger partial charge in [0.15, 0.2) is 5.75 Å². The number of aliphatic hydroxyl groups excluding tert-OH is 1. The molecular formula is C10H13BrClNO2. The molecule has 0 fully saturated rings. The molecule has 1 aromatic carbocycles. The smallest absolute Gasteiger partial charge is 0.156 e. The van der Waals surface area contributed by atoms with E-state index in [2.05, 4.69) is 15.9 Å². The second-order valence-corrected chi connectivity index (χ2v) is 4.58. The van der Waals surface area contributed by atoms with Gasteiger partial charge in [0.2, 0.25) is 0 Å². The number of aliphatic hydroxyl groups is 1. The van der Waals surface area contributed by atoms with Crippen molar-refractivity contribution < 1.29 is 9.84 Å². The first kappa shape index (κ1) is 12.6. The molecule has 1 unspecified atom stereocenters. The molecule has 0 aliphatic carbocycles. The average Bonchev–Trinajstić information content (AvgIpc) is 2.08. The lowest BCUT2D eigenvalue weighted by Crippen LogP contribution is -2.08. The Kier molecular flexibility index (Phi) is 4.70. The lowest BCUT2D eigenvalue weighted by Gasteiger charge is -2.12. The van der Waals surface area contributed by atoms with E-state index in [0.717, 1.165) is 4.47 Å². The number of ether oxygens (including phenoxy) is 1. The third-order valence-corrected chi connectivity index (χ3v) is 2.63. The van der Waals surface area contributed by atoms with Crippen LogP contribution in [0.15, 0.2) is 16.6 Å². The first-order valence-electron chi connectivity index (χ1n) is 4.56. The molecule has 0 spiro atoms. The molecule has 0 aliphatic heterocycles. The second kappa shape index (κ2) is 5.58. The molecule has 84 valence electrons. The van der Waals surface area contributed by atoms with Crippen molar-refractivity contribution in [2.75, 3.05) is 12.3 Å². The van der Waals surface area contributed by atoms with Gasteiger partial charge in [-0.05, 0) is 35.0 Å². The minimum Gasteiger partial charge on any atom is -0.490 e. The first-order valence-corrected chi connectivity index (χ1v) is 5.73. The van der Waals surface area contributed by atoms with Crippen LogP contribution in [0.2, 0.25) is 5.02 Å². The summed E-state index contributed by atoms with van der Waals surface area (Å²) >= 11 is 9.11. The summed E-state index contributed by atoms with van der Waals surface area (Å²) in [7, 11) is 0. The number of hydrogen-bond acceptors (Lipinski definition) is 3. The molecule has 15 heavy (non-hydrogen) atoms. The molecule has 0 aliphatic rings. The molecule has 0 radical (unpaired) electrons. The van der Waals surface area contributed by atoms with Crippen molar-refractivity contribution in [3.63, 3.8) is 0 Å². The maximum absolute atomic E-state index is 9.07. The van der Waals surface area contributed by atoms with Crippen LogP contribution < -0.4 is 10.5 Å². The van der Waals surface area contributed by atoms with Gasteiger partial charge >= 0.3 is 0 Å². The standard InChI is InChI=1S/C10H13BrClNO2/c1-6(14)2-3-15-10-8(11)4-7(12)5-9(10)13/h4-6,14H,2-3,13H2,1H3. The van der Waals surface area contributed by atoms with Gasteiger partial charge in [-0.25, -0.2) is 0 Å². The van der Waals surface area contributed by atoms with Gasteiger partial charge in [0.25, 0.3) is 0 Å². The molecule has 3 nitrogen and oxygen atoms in total. The van der Waals surface area contributed by atoms with E-state index < -0.39 is 0 Å². The van der Waals surface area contributed by atoms with Gasteiger partial charge in [0.05, 0.1) is 22.9 Å². The zero-order chi connectivity index (χ0) is 11.4. The van der Waals surface area contributed by atoms with Crippen molar-refractivity contribution in [3.8, 4) is 5.75 Å². The van der Waals surface area contributed by atoms with Crippen molar-refractivity contribution in [3.05, 3.63) is 21.6 Å². The fourth-order valence-corrected chi connectivity index (χ4v) is 2.01. The van der Waals surface area contributed by atoms with Gasteiger partial charge in [-0.3, -0.25) is 0 Å². The maximum Gasteiger partial charge on any atom is 0.156 e. The van der Waals surface area contributed by atoms with Crippen LogP contribution >= 0.6 is 27.5 Å². The SMILES string of the molecule is CC(O)CCOc1c(N)cc(Cl)cc1Br.